The molecule has 108 valence electrons. The Labute approximate surface area is 115 Å². The Kier molecular flexibility index (Phi) is 4.40. The Morgan fingerprint density at radius 1 is 1.50 bits per heavy atom. The van der Waals surface area contributed by atoms with Gasteiger partial charge in [0.25, 0.3) is 5.91 Å². The summed E-state index contributed by atoms with van der Waals surface area (Å²) in [5.41, 5.74) is 0.534. The number of alkyl halides is 3. The SMILES string of the molecule is O=C(COCC(F)(F)F)Nc1nc(-c2ccco2)cs1. The summed E-state index contributed by atoms with van der Waals surface area (Å²) < 4.78 is 44.8. The average molecular weight is 306 g/mol. The minimum atomic E-state index is -4.45. The molecule has 0 fully saturated rings. The third-order valence-corrected chi connectivity index (χ3v) is 2.78. The van der Waals surface area contributed by atoms with Crippen molar-refractivity contribution in [1.29, 1.82) is 0 Å². The number of hydrogen-bond donors (Lipinski definition) is 1. The number of anilines is 1. The van der Waals surface area contributed by atoms with E-state index in [2.05, 4.69) is 15.0 Å². The second-order valence-electron chi connectivity index (χ2n) is 3.67. The van der Waals surface area contributed by atoms with Crippen LogP contribution in [-0.2, 0) is 9.53 Å². The number of amides is 1. The maximum atomic E-state index is 11.8. The van der Waals surface area contributed by atoms with Gasteiger partial charge < -0.3 is 9.15 Å². The molecule has 0 saturated heterocycles. The van der Waals surface area contributed by atoms with Crippen LogP contribution in [0.4, 0.5) is 18.3 Å². The molecule has 1 amide bonds. The maximum absolute atomic E-state index is 11.8. The van der Waals surface area contributed by atoms with Gasteiger partial charge in [-0.15, -0.1) is 11.3 Å². The molecule has 5 nitrogen and oxygen atoms in total. The molecule has 0 aliphatic rings. The van der Waals surface area contributed by atoms with Gasteiger partial charge in [0.05, 0.1) is 6.26 Å². The number of nitrogens with zero attached hydrogens (tertiary/aromatic N) is 1. The number of ether oxygens (including phenoxy) is 1. The minimum Gasteiger partial charge on any atom is -0.463 e. The van der Waals surface area contributed by atoms with Gasteiger partial charge >= 0.3 is 6.18 Å². The van der Waals surface area contributed by atoms with Crippen molar-refractivity contribution in [3.8, 4) is 11.5 Å². The van der Waals surface area contributed by atoms with Crippen LogP contribution in [0.3, 0.4) is 0 Å². The summed E-state index contributed by atoms with van der Waals surface area (Å²) in [6.45, 7) is -2.15. The van der Waals surface area contributed by atoms with Crippen molar-refractivity contribution in [1.82, 2.24) is 4.98 Å². The lowest BCUT2D eigenvalue weighted by atomic mass is 10.4. The molecule has 0 aromatic carbocycles. The number of carbonyl (C=O) groups is 1. The third kappa shape index (κ3) is 4.35. The second-order valence-corrected chi connectivity index (χ2v) is 4.53. The molecule has 1 N–H and O–H groups in total. The molecule has 2 heterocycles. The summed E-state index contributed by atoms with van der Waals surface area (Å²) in [4.78, 5) is 15.4. The number of furan rings is 1. The average Bonchev–Trinajstić information content (AvgIpc) is 2.96. The lowest BCUT2D eigenvalue weighted by Crippen LogP contribution is -2.23. The van der Waals surface area contributed by atoms with Gasteiger partial charge in [0.15, 0.2) is 10.9 Å². The Morgan fingerprint density at radius 2 is 2.30 bits per heavy atom. The van der Waals surface area contributed by atoms with Crippen LogP contribution in [0, 0.1) is 0 Å². The number of nitrogens with one attached hydrogen (secondary N) is 1. The van der Waals surface area contributed by atoms with Gasteiger partial charge in [-0.3, -0.25) is 10.1 Å². The zero-order chi connectivity index (χ0) is 14.6. The van der Waals surface area contributed by atoms with Crippen LogP contribution in [0.15, 0.2) is 28.2 Å². The monoisotopic (exact) mass is 306 g/mol. The predicted octanol–water partition coefficient (Wildman–Crippen LogP) is 2.92. The van der Waals surface area contributed by atoms with Crippen LogP contribution in [0.5, 0.6) is 0 Å². The number of aromatic nitrogens is 1. The minimum absolute atomic E-state index is 0.261. The van der Waals surface area contributed by atoms with Crippen LogP contribution in [0.1, 0.15) is 0 Å². The van der Waals surface area contributed by atoms with E-state index in [0.717, 1.165) is 11.3 Å². The summed E-state index contributed by atoms with van der Waals surface area (Å²) >= 11 is 1.13. The molecule has 0 radical (unpaired) electrons. The quantitative estimate of drug-likeness (QED) is 0.922. The molecule has 9 heteroatoms. The predicted molar refractivity (Wildman–Crippen MR) is 65.3 cm³/mol. The number of halogens is 3. The van der Waals surface area contributed by atoms with Crippen molar-refractivity contribution in [2.45, 2.75) is 6.18 Å². The molecule has 0 aliphatic carbocycles. The molecule has 0 spiro atoms. The fourth-order valence-electron chi connectivity index (χ4n) is 1.28. The Hall–Kier alpha value is -1.87. The smallest absolute Gasteiger partial charge is 0.411 e. The molecule has 0 aliphatic heterocycles. The van der Waals surface area contributed by atoms with Gasteiger partial charge in [-0.25, -0.2) is 4.98 Å². The van der Waals surface area contributed by atoms with Gasteiger partial charge in [0.1, 0.15) is 18.9 Å². The zero-order valence-electron chi connectivity index (χ0n) is 9.94. The van der Waals surface area contributed by atoms with Crippen molar-refractivity contribution >= 4 is 22.4 Å². The van der Waals surface area contributed by atoms with E-state index in [1.54, 1.807) is 17.5 Å². The van der Waals surface area contributed by atoms with Crippen LogP contribution >= 0.6 is 11.3 Å². The summed E-state index contributed by atoms with van der Waals surface area (Å²) in [6.07, 6.45) is -2.97. The Morgan fingerprint density at radius 3 is 2.95 bits per heavy atom. The standard InChI is InChI=1S/C11H9F3N2O3S/c12-11(13,14)6-18-4-9(17)16-10-15-7(5-20-10)8-2-1-3-19-8/h1-3,5H,4,6H2,(H,15,16,17). The van der Waals surface area contributed by atoms with Crippen molar-refractivity contribution in [3.63, 3.8) is 0 Å². The first-order chi connectivity index (χ1) is 9.44. The molecule has 2 aromatic rings. The van der Waals surface area contributed by atoms with Gasteiger partial charge in [-0.1, -0.05) is 0 Å². The first-order valence-corrected chi connectivity index (χ1v) is 6.26. The highest BCUT2D eigenvalue weighted by Crippen LogP contribution is 2.25. The highest BCUT2D eigenvalue weighted by Gasteiger charge is 2.27. The van der Waals surface area contributed by atoms with Crippen LogP contribution in [0.2, 0.25) is 0 Å². The lowest BCUT2D eigenvalue weighted by Gasteiger charge is -2.06. The fraction of sp³-hybridized carbons (Fsp3) is 0.273. The van der Waals surface area contributed by atoms with Gasteiger partial charge in [0.2, 0.25) is 0 Å². The number of thiazole rings is 1. The van der Waals surface area contributed by atoms with Gasteiger partial charge in [-0.2, -0.15) is 13.2 Å². The number of carbonyl (C=O) groups excluding carboxylic acids is 1. The first kappa shape index (κ1) is 14.5. The fourth-order valence-corrected chi connectivity index (χ4v) is 2.00. The van der Waals surface area contributed by atoms with Crippen molar-refractivity contribution in [2.75, 3.05) is 18.5 Å². The van der Waals surface area contributed by atoms with Crippen LogP contribution in [-0.4, -0.2) is 30.3 Å². The van der Waals surface area contributed by atoms with Crippen molar-refractivity contribution < 1.29 is 27.1 Å². The number of hydrogen-bond acceptors (Lipinski definition) is 5. The summed E-state index contributed by atoms with van der Waals surface area (Å²) in [5.74, 6) is -0.162. The number of rotatable bonds is 5. The van der Waals surface area contributed by atoms with E-state index >= 15 is 0 Å². The molecule has 20 heavy (non-hydrogen) atoms. The summed E-state index contributed by atoms with van der Waals surface area (Å²) in [6, 6.07) is 3.39. The van der Waals surface area contributed by atoms with E-state index < -0.39 is 25.3 Å². The van der Waals surface area contributed by atoms with E-state index in [1.165, 1.54) is 6.26 Å². The van der Waals surface area contributed by atoms with E-state index in [-0.39, 0.29) is 5.13 Å². The third-order valence-electron chi connectivity index (χ3n) is 2.02. The molecule has 0 saturated carbocycles. The highest BCUT2D eigenvalue weighted by atomic mass is 32.1. The highest BCUT2D eigenvalue weighted by molar-refractivity contribution is 7.14. The molecule has 0 unspecified atom stereocenters. The maximum Gasteiger partial charge on any atom is 0.411 e. The van der Waals surface area contributed by atoms with E-state index in [0.29, 0.717) is 11.5 Å². The van der Waals surface area contributed by atoms with Crippen molar-refractivity contribution in [3.05, 3.63) is 23.8 Å². The van der Waals surface area contributed by atoms with Crippen molar-refractivity contribution in [2.24, 2.45) is 0 Å². The Bertz CT molecular complexity index is 566. The molecular formula is C11H9F3N2O3S. The zero-order valence-corrected chi connectivity index (χ0v) is 10.8. The van der Waals surface area contributed by atoms with E-state index in [4.69, 9.17) is 4.42 Å². The molecule has 0 atom stereocenters. The normalized spacial score (nSPS) is 11.6. The van der Waals surface area contributed by atoms with Gasteiger partial charge in [0, 0.05) is 5.38 Å². The summed E-state index contributed by atoms with van der Waals surface area (Å²) in [7, 11) is 0. The van der Waals surface area contributed by atoms with Crippen LogP contribution in [0.25, 0.3) is 11.5 Å². The van der Waals surface area contributed by atoms with Crippen LogP contribution < -0.4 is 5.32 Å². The second kappa shape index (κ2) is 6.06. The van der Waals surface area contributed by atoms with E-state index in [1.807, 2.05) is 0 Å². The molecule has 2 rings (SSSR count). The lowest BCUT2D eigenvalue weighted by molar-refractivity contribution is -0.174. The largest absolute Gasteiger partial charge is 0.463 e. The summed E-state index contributed by atoms with van der Waals surface area (Å²) in [5, 5.41) is 4.26. The Balaban J connectivity index is 1.83. The van der Waals surface area contributed by atoms with Gasteiger partial charge in [-0.05, 0) is 12.1 Å². The molecule has 2 aromatic heterocycles. The first-order valence-electron chi connectivity index (χ1n) is 5.38. The molecule has 0 bridgehead atoms. The molecular weight excluding hydrogens is 297 g/mol. The van der Waals surface area contributed by atoms with E-state index in [9.17, 15) is 18.0 Å². The topological polar surface area (TPSA) is 64.4 Å².